The zero-order valence-electron chi connectivity index (χ0n) is 15.6. The molecule has 29 heavy (non-hydrogen) atoms. The van der Waals surface area contributed by atoms with E-state index in [-0.39, 0.29) is 29.2 Å². The maximum atomic E-state index is 13.0. The van der Waals surface area contributed by atoms with Crippen molar-refractivity contribution in [1.29, 1.82) is 5.26 Å². The van der Waals surface area contributed by atoms with E-state index >= 15 is 0 Å². The van der Waals surface area contributed by atoms with Crippen molar-refractivity contribution in [2.24, 2.45) is 5.92 Å². The Labute approximate surface area is 166 Å². The first kappa shape index (κ1) is 18.7. The number of furan rings is 1. The smallest absolute Gasteiger partial charge is 0.266 e. The molecular formula is C21H19FN4O3. The monoisotopic (exact) mass is 394 g/mol. The van der Waals surface area contributed by atoms with Gasteiger partial charge in [0.15, 0.2) is 5.76 Å². The van der Waals surface area contributed by atoms with E-state index in [4.69, 9.17) is 8.83 Å². The van der Waals surface area contributed by atoms with Crippen LogP contribution in [-0.4, -0.2) is 24.0 Å². The minimum Gasteiger partial charge on any atom is -0.459 e. The molecule has 1 aliphatic heterocycles. The van der Waals surface area contributed by atoms with Crippen LogP contribution in [-0.2, 0) is 11.3 Å². The summed E-state index contributed by atoms with van der Waals surface area (Å²) in [6, 6.07) is 11.6. The van der Waals surface area contributed by atoms with E-state index in [1.807, 2.05) is 4.90 Å². The summed E-state index contributed by atoms with van der Waals surface area (Å²) in [7, 11) is 0. The lowest BCUT2D eigenvalue weighted by Crippen LogP contribution is -2.40. The van der Waals surface area contributed by atoms with Gasteiger partial charge in [0.25, 0.3) is 5.89 Å². The van der Waals surface area contributed by atoms with Gasteiger partial charge in [-0.2, -0.15) is 10.2 Å². The maximum absolute atomic E-state index is 13.0. The van der Waals surface area contributed by atoms with Crippen molar-refractivity contribution in [1.82, 2.24) is 10.3 Å². The van der Waals surface area contributed by atoms with Crippen molar-refractivity contribution >= 4 is 11.8 Å². The number of benzene rings is 1. The quantitative estimate of drug-likeness (QED) is 0.712. The molecule has 1 N–H and O–H groups in total. The Morgan fingerprint density at radius 2 is 2.03 bits per heavy atom. The van der Waals surface area contributed by atoms with Crippen LogP contribution in [0.3, 0.4) is 0 Å². The fourth-order valence-corrected chi connectivity index (χ4v) is 3.39. The normalized spacial score (nSPS) is 14.6. The van der Waals surface area contributed by atoms with Crippen LogP contribution in [0.2, 0.25) is 0 Å². The fourth-order valence-electron chi connectivity index (χ4n) is 3.39. The Morgan fingerprint density at radius 1 is 1.28 bits per heavy atom. The number of rotatable bonds is 5. The van der Waals surface area contributed by atoms with Crippen LogP contribution in [0.4, 0.5) is 10.3 Å². The number of halogens is 1. The van der Waals surface area contributed by atoms with Gasteiger partial charge in [-0.25, -0.2) is 4.39 Å². The first-order chi connectivity index (χ1) is 14.1. The number of nitrogens with zero attached hydrogens (tertiary/aromatic N) is 3. The first-order valence-corrected chi connectivity index (χ1v) is 9.36. The molecule has 0 spiro atoms. The molecule has 2 aromatic heterocycles. The van der Waals surface area contributed by atoms with Crippen molar-refractivity contribution in [3.63, 3.8) is 0 Å². The van der Waals surface area contributed by atoms with Gasteiger partial charge in [-0.3, -0.25) is 4.79 Å². The highest BCUT2D eigenvalue weighted by Crippen LogP contribution is 2.31. The number of amides is 1. The average Bonchev–Trinajstić information content (AvgIpc) is 3.43. The van der Waals surface area contributed by atoms with Crippen LogP contribution in [0.1, 0.15) is 24.1 Å². The molecule has 8 heteroatoms. The molecular weight excluding hydrogens is 375 g/mol. The van der Waals surface area contributed by atoms with Gasteiger partial charge < -0.3 is 19.1 Å². The third-order valence-corrected chi connectivity index (χ3v) is 4.98. The zero-order valence-corrected chi connectivity index (χ0v) is 15.6. The molecule has 0 aliphatic carbocycles. The molecule has 1 amide bonds. The zero-order chi connectivity index (χ0) is 20.2. The maximum Gasteiger partial charge on any atom is 0.266 e. The van der Waals surface area contributed by atoms with E-state index in [1.54, 1.807) is 24.3 Å². The Bertz CT molecular complexity index is 1010. The predicted molar refractivity (Wildman–Crippen MR) is 102 cm³/mol. The Balaban J connectivity index is 1.35. The molecule has 0 atom stereocenters. The number of nitriles is 1. The number of aromatic nitrogens is 1. The number of hydrogen-bond acceptors (Lipinski definition) is 6. The van der Waals surface area contributed by atoms with E-state index in [2.05, 4.69) is 16.4 Å². The number of hydrogen-bond donors (Lipinski definition) is 1. The first-order valence-electron chi connectivity index (χ1n) is 9.36. The van der Waals surface area contributed by atoms with E-state index in [1.165, 1.54) is 18.4 Å². The van der Waals surface area contributed by atoms with Crippen molar-refractivity contribution in [3.8, 4) is 17.7 Å². The molecule has 1 fully saturated rings. The Morgan fingerprint density at radius 3 is 2.69 bits per heavy atom. The van der Waals surface area contributed by atoms with Crippen LogP contribution in [0.5, 0.6) is 0 Å². The molecule has 1 aromatic carbocycles. The van der Waals surface area contributed by atoms with E-state index < -0.39 is 0 Å². The number of oxazole rings is 1. The number of piperidine rings is 1. The van der Waals surface area contributed by atoms with Crippen molar-refractivity contribution in [3.05, 3.63) is 59.7 Å². The summed E-state index contributed by atoms with van der Waals surface area (Å²) >= 11 is 0. The molecule has 4 rings (SSSR count). The molecule has 7 nitrogen and oxygen atoms in total. The number of nitrogens with one attached hydrogen (secondary N) is 1. The van der Waals surface area contributed by atoms with Crippen LogP contribution in [0, 0.1) is 23.1 Å². The lowest BCUT2D eigenvalue weighted by Gasteiger charge is -2.31. The molecule has 0 bridgehead atoms. The summed E-state index contributed by atoms with van der Waals surface area (Å²) in [5, 5.41) is 12.3. The second-order valence-electron chi connectivity index (χ2n) is 6.87. The molecule has 3 aromatic rings. The topological polar surface area (TPSA) is 95.3 Å². The van der Waals surface area contributed by atoms with Crippen molar-refractivity contribution in [2.45, 2.75) is 19.4 Å². The van der Waals surface area contributed by atoms with Gasteiger partial charge in [0.1, 0.15) is 11.9 Å². The largest absolute Gasteiger partial charge is 0.459 e. The molecule has 0 unspecified atom stereocenters. The van der Waals surface area contributed by atoms with Gasteiger partial charge in [0.2, 0.25) is 17.5 Å². The van der Waals surface area contributed by atoms with Crippen molar-refractivity contribution in [2.75, 3.05) is 18.0 Å². The lowest BCUT2D eigenvalue weighted by atomic mass is 9.96. The highest BCUT2D eigenvalue weighted by atomic mass is 19.1. The predicted octanol–water partition coefficient (Wildman–Crippen LogP) is 3.48. The Kier molecular flexibility index (Phi) is 5.29. The SMILES string of the molecule is N#Cc1nc(-c2ccco2)oc1N1CCC(C(=O)NCc2ccc(F)cc2)CC1. The van der Waals surface area contributed by atoms with Crippen LogP contribution < -0.4 is 10.2 Å². The van der Waals surface area contributed by atoms with Gasteiger partial charge in [-0.05, 0) is 42.7 Å². The molecule has 0 saturated carbocycles. The molecule has 0 radical (unpaired) electrons. The lowest BCUT2D eigenvalue weighted by molar-refractivity contribution is -0.125. The summed E-state index contributed by atoms with van der Waals surface area (Å²) in [5.74, 6) is 0.687. The number of carbonyl (C=O) groups excluding carboxylic acids is 1. The van der Waals surface area contributed by atoms with Gasteiger partial charge in [0.05, 0.1) is 6.26 Å². The number of carbonyl (C=O) groups is 1. The van der Waals surface area contributed by atoms with E-state index in [0.29, 0.717) is 44.1 Å². The third kappa shape index (κ3) is 4.14. The van der Waals surface area contributed by atoms with E-state index in [9.17, 15) is 14.4 Å². The van der Waals surface area contributed by atoms with E-state index in [0.717, 1.165) is 5.56 Å². The average molecular weight is 394 g/mol. The Hall–Kier alpha value is -3.60. The highest BCUT2D eigenvalue weighted by molar-refractivity contribution is 5.79. The molecule has 1 saturated heterocycles. The third-order valence-electron chi connectivity index (χ3n) is 4.98. The fraction of sp³-hybridized carbons (Fsp3) is 0.286. The molecule has 148 valence electrons. The van der Waals surface area contributed by atoms with Crippen molar-refractivity contribution < 1.29 is 18.0 Å². The minimum atomic E-state index is -0.299. The molecule has 3 heterocycles. The number of anilines is 1. The van der Waals surface area contributed by atoms with Crippen LogP contribution >= 0.6 is 0 Å². The van der Waals surface area contributed by atoms with Crippen LogP contribution in [0.15, 0.2) is 51.5 Å². The van der Waals surface area contributed by atoms with Gasteiger partial charge in [0, 0.05) is 25.6 Å². The minimum absolute atomic E-state index is 0.0247. The summed E-state index contributed by atoms with van der Waals surface area (Å²) in [4.78, 5) is 18.6. The summed E-state index contributed by atoms with van der Waals surface area (Å²) < 4.78 is 24.0. The molecule has 1 aliphatic rings. The van der Waals surface area contributed by atoms with Gasteiger partial charge in [-0.1, -0.05) is 12.1 Å². The second kappa shape index (κ2) is 8.19. The standard InChI is InChI=1S/C21H19FN4O3/c22-16-5-3-14(4-6-16)13-24-19(27)15-7-9-26(10-8-15)21-17(12-23)25-20(29-21)18-2-1-11-28-18/h1-6,11,15H,7-10,13H2,(H,24,27). The summed E-state index contributed by atoms with van der Waals surface area (Å²) in [6.45, 7) is 1.53. The van der Waals surface area contributed by atoms with Gasteiger partial charge in [-0.15, -0.1) is 0 Å². The summed E-state index contributed by atoms with van der Waals surface area (Å²) in [6.07, 6.45) is 2.79. The highest BCUT2D eigenvalue weighted by Gasteiger charge is 2.29. The second-order valence-corrected chi connectivity index (χ2v) is 6.87. The summed E-state index contributed by atoms with van der Waals surface area (Å²) in [5.41, 5.74) is 1.05. The van der Waals surface area contributed by atoms with Gasteiger partial charge >= 0.3 is 0 Å². The van der Waals surface area contributed by atoms with Crippen LogP contribution in [0.25, 0.3) is 11.7 Å².